The van der Waals surface area contributed by atoms with Crippen molar-refractivity contribution in [1.29, 1.82) is 0 Å². The summed E-state index contributed by atoms with van der Waals surface area (Å²) in [6, 6.07) is 0. The number of rotatable bonds is 5. The number of likely N-dealkylation sites (tertiary alicyclic amines) is 1. The Morgan fingerprint density at radius 1 is 0.680 bits per heavy atom. The summed E-state index contributed by atoms with van der Waals surface area (Å²) in [6.45, 7) is -0.976. The van der Waals surface area contributed by atoms with Crippen molar-refractivity contribution in [3.8, 4) is 0 Å². The summed E-state index contributed by atoms with van der Waals surface area (Å²) in [4.78, 5) is 11.7. The summed E-state index contributed by atoms with van der Waals surface area (Å²) >= 11 is 3.68. The summed E-state index contributed by atoms with van der Waals surface area (Å²) in [5, 5.41) is -6.26. The van der Waals surface area contributed by atoms with Crippen LogP contribution in [0.2, 0.25) is 0 Å². The van der Waals surface area contributed by atoms with E-state index in [-0.39, 0.29) is 17.7 Å². The van der Waals surface area contributed by atoms with Crippen LogP contribution in [0.15, 0.2) is 0 Å². The van der Waals surface area contributed by atoms with E-state index >= 15 is 0 Å². The molecule has 1 fully saturated rings. The Morgan fingerprint density at radius 2 is 1.08 bits per heavy atom. The monoisotopic (exact) mass is 411 g/mol. The van der Waals surface area contributed by atoms with Gasteiger partial charge in [0.25, 0.3) is 5.91 Å². The van der Waals surface area contributed by atoms with Gasteiger partial charge in [0.2, 0.25) is 0 Å². The van der Waals surface area contributed by atoms with Crippen LogP contribution in [-0.4, -0.2) is 53.0 Å². The molecule has 1 aliphatic heterocycles. The van der Waals surface area contributed by atoms with E-state index in [0.29, 0.717) is 12.8 Å². The molecule has 0 N–H and O–H groups in total. The Morgan fingerprint density at radius 3 is 1.44 bits per heavy atom. The van der Waals surface area contributed by atoms with Crippen LogP contribution in [0.1, 0.15) is 25.7 Å². The van der Waals surface area contributed by atoms with E-state index in [1.165, 1.54) is 0 Å². The standard InChI is InChI=1S/C12H12ClF10NO/c13-12(22,23)11(20,21)10(18,19)9(16,17)8(14,15)7(25)24-5-3-1-2-4-6-24/h1-6H2. The molecule has 0 aromatic rings. The number of hydrogen-bond acceptors (Lipinski definition) is 1. The third-order valence-electron chi connectivity index (χ3n) is 3.70. The predicted octanol–water partition coefficient (Wildman–Crippen LogP) is 4.76. The van der Waals surface area contributed by atoms with E-state index in [2.05, 4.69) is 11.6 Å². The first kappa shape index (κ1) is 22.1. The Hall–Kier alpha value is -0.940. The van der Waals surface area contributed by atoms with Gasteiger partial charge in [-0.3, -0.25) is 4.79 Å². The van der Waals surface area contributed by atoms with E-state index in [1.807, 2.05) is 0 Å². The first-order chi connectivity index (χ1) is 11.0. The fraction of sp³-hybridized carbons (Fsp3) is 0.917. The van der Waals surface area contributed by atoms with Crippen LogP contribution in [0, 0.1) is 0 Å². The number of carbonyl (C=O) groups is 1. The molecular formula is C12H12ClF10NO. The van der Waals surface area contributed by atoms with E-state index in [9.17, 15) is 48.7 Å². The average molecular weight is 412 g/mol. The molecule has 1 rings (SSSR count). The first-order valence-corrected chi connectivity index (χ1v) is 7.27. The Balaban J connectivity index is 3.26. The van der Waals surface area contributed by atoms with Gasteiger partial charge in [-0.15, -0.1) is 0 Å². The van der Waals surface area contributed by atoms with E-state index in [1.54, 1.807) is 0 Å². The number of nitrogens with zero attached hydrogens (tertiary/aromatic N) is 1. The van der Waals surface area contributed by atoms with Gasteiger partial charge < -0.3 is 4.90 Å². The maximum absolute atomic E-state index is 13.7. The lowest BCUT2D eigenvalue weighted by Crippen LogP contribution is -2.69. The predicted molar refractivity (Wildman–Crippen MR) is 65.6 cm³/mol. The normalized spacial score (nSPS) is 18.9. The molecule has 148 valence electrons. The van der Waals surface area contributed by atoms with Gasteiger partial charge in [-0.1, -0.05) is 12.8 Å². The quantitative estimate of drug-likeness (QED) is 0.472. The minimum Gasteiger partial charge on any atom is -0.337 e. The van der Waals surface area contributed by atoms with E-state index < -0.39 is 48.1 Å². The van der Waals surface area contributed by atoms with Crippen molar-refractivity contribution >= 4 is 17.5 Å². The Labute approximate surface area is 140 Å². The highest BCUT2D eigenvalue weighted by molar-refractivity contribution is 6.22. The maximum atomic E-state index is 13.7. The Bertz CT molecular complexity index is 497. The highest BCUT2D eigenvalue weighted by Gasteiger charge is 2.87. The summed E-state index contributed by atoms with van der Waals surface area (Å²) in [6.07, 6.45) is 1.08. The lowest BCUT2D eigenvalue weighted by atomic mass is 9.97. The second-order valence-corrected chi connectivity index (χ2v) is 5.98. The van der Waals surface area contributed by atoms with Crippen LogP contribution >= 0.6 is 11.6 Å². The molecule has 13 heteroatoms. The lowest BCUT2D eigenvalue weighted by Gasteiger charge is -2.38. The number of amides is 1. The van der Waals surface area contributed by atoms with Crippen LogP contribution < -0.4 is 0 Å². The summed E-state index contributed by atoms with van der Waals surface area (Å²) in [5.41, 5.74) is 0. The molecule has 0 bridgehead atoms. The van der Waals surface area contributed by atoms with Crippen molar-refractivity contribution < 1.29 is 48.7 Å². The van der Waals surface area contributed by atoms with Gasteiger partial charge in [-0.05, 0) is 24.4 Å². The highest BCUT2D eigenvalue weighted by atomic mass is 35.5. The number of hydrogen-bond donors (Lipinski definition) is 0. The van der Waals surface area contributed by atoms with Gasteiger partial charge in [0, 0.05) is 13.1 Å². The minimum absolute atomic E-state index is 0.0969. The average Bonchev–Trinajstić information content (AvgIpc) is 2.73. The van der Waals surface area contributed by atoms with Gasteiger partial charge >= 0.3 is 29.1 Å². The number of halogens is 11. The summed E-state index contributed by atoms with van der Waals surface area (Å²) in [7, 11) is 0. The molecule has 0 saturated carbocycles. The van der Waals surface area contributed by atoms with E-state index in [0.717, 1.165) is 0 Å². The van der Waals surface area contributed by atoms with Crippen LogP contribution in [0.5, 0.6) is 0 Å². The van der Waals surface area contributed by atoms with Crippen molar-refractivity contribution in [3.63, 3.8) is 0 Å². The van der Waals surface area contributed by atoms with Gasteiger partial charge in [-0.25, -0.2) is 0 Å². The SMILES string of the molecule is O=C(N1CCCCCC1)C(F)(F)C(F)(F)C(F)(F)C(F)(F)C(F)(F)Cl. The summed E-state index contributed by atoms with van der Waals surface area (Å²) < 4.78 is 132. The molecule has 0 radical (unpaired) electrons. The van der Waals surface area contributed by atoms with Crippen molar-refractivity contribution in [1.82, 2.24) is 4.90 Å². The van der Waals surface area contributed by atoms with Gasteiger partial charge in [0.05, 0.1) is 0 Å². The molecule has 1 aliphatic rings. The molecular weight excluding hydrogens is 400 g/mol. The molecule has 25 heavy (non-hydrogen) atoms. The zero-order valence-electron chi connectivity index (χ0n) is 12.3. The zero-order chi connectivity index (χ0) is 19.9. The maximum Gasteiger partial charge on any atom is 0.393 e. The third kappa shape index (κ3) is 3.50. The van der Waals surface area contributed by atoms with Gasteiger partial charge in [-0.2, -0.15) is 43.9 Å². The number of alkyl halides is 11. The molecule has 0 unspecified atom stereocenters. The minimum atomic E-state index is -7.31. The van der Waals surface area contributed by atoms with E-state index in [4.69, 9.17) is 0 Å². The fourth-order valence-corrected chi connectivity index (χ4v) is 2.30. The van der Waals surface area contributed by atoms with Crippen molar-refractivity contribution in [2.45, 2.75) is 54.8 Å². The molecule has 1 amide bonds. The fourth-order valence-electron chi connectivity index (χ4n) is 2.18. The van der Waals surface area contributed by atoms with Gasteiger partial charge in [0.15, 0.2) is 0 Å². The van der Waals surface area contributed by atoms with Crippen LogP contribution in [0.3, 0.4) is 0 Å². The van der Waals surface area contributed by atoms with Crippen molar-refractivity contribution in [2.75, 3.05) is 13.1 Å². The van der Waals surface area contributed by atoms with Crippen LogP contribution in [0.25, 0.3) is 0 Å². The summed E-state index contributed by atoms with van der Waals surface area (Å²) in [5.74, 6) is -30.7. The smallest absolute Gasteiger partial charge is 0.337 e. The third-order valence-corrected chi connectivity index (χ3v) is 3.94. The van der Waals surface area contributed by atoms with Gasteiger partial charge in [0.1, 0.15) is 0 Å². The molecule has 0 aliphatic carbocycles. The molecule has 0 aromatic carbocycles. The van der Waals surface area contributed by atoms with Crippen LogP contribution in [0.4, 0.5) is 43.9 Å². The number of carbonyl (C=O) groups excluding carboxylic acids is 1. The highest BCUT2D eigenvalue weighted by Crippen LogP contribution is 2.58. The lowest BCUT2D eigenvalue weighted by molar-refractivity contribution is -0.383. The van der Waals surface area contributed by atoms with Crippen molar-refractivity contribution in [2.24, 2.45) is 0 Å². The molecule has 0 spiro atoms. The molecule has 0 atom stereocenters. The first-order valence-electron chi connectivity index (χ1n) is 6.89. The molecule has 1 saturated heterocycles. The molecule has 2 nitrogen and oxygen atoms in total. The Kier molecular flexibility index (Phi) is 5.88. The second-order valence-electron chi connectivity index (χ2n) is 5.50. The molecule has 1 heterocycles. The molecule has 0 aromatic heterocycles. The topological polar surface area (TPSA) is 20.3 Å². The zero-order valence-corrected chi connectivity index (χ0v) is 13.0. The largest absolute Gasteiger partial charge is 0.393 e. The van der Waals surface area contributed by atoms with Crippen LogP contribution in [-0.2, 0) is 4.79 Å². The second kappa shape index (κ2) is 6.66. The van der Waals surface area contributed by atoms with Crippen molar-refractivity contribution in [3.05, 3.63) is 0 Å².